The topological polar surface area (TPSA) is 37.4 Å². The fourth-order valence-electron chi connectivity index (χ4n) is 3.60. The van der Waals surface area contributed by atoms with E-state index in [9.17, 15) is 0 Å². The van der Waals surface area contributed by atoms with Crippen LogP contribution in [0.2, 0.25) is 0 Å². The van der Waals surface area contributed by atoms with Crippen molar-refractivity contribution in [3.8, 4) is 5.75 Å². The van der Waals surface area contributed by atoms with Gasteiger partial charge in [-0.15, -0.1) is 24.8 Å². The molecule has 0 amide bonds. The highest BCUT2D eigenvalue weighted by atomic mass is 35.5. The van der Waals surface area contributed by atoms with Crippen molar-refractivity contribution in [1.29, 1.82) is 0 Å². The highest BCUT2D eigenvalue weighted by Crippen LogP contribution is 2.26. The lowest BCUT2D eigenvalue weighted by atomic mass is 10.1. The van der Waals surface area contributed by atoms with Crippen molar-refractivity contribution in [2.45, 2.75) is 51.7 Å². The highest BCUT2D eigenvalue weighted by molar-refractivity contribution is 5.85. The minimum atomic E-state index is 0. The number of pyridine rings is 1. The molecule has 2 aliphatic heterocycles. The van der Waals surface area contributed by atoms with Gasteiger partial charge in [-0.3, -0.25) is 9.88 Å². The molecule has 0 radical (unpaired) electrons. The van der Waals surface area contributed by atoms with Crippen LogP contribution in [-0.2, 0) is 6.54 Å². The number of ether oxygens (including phenoxy) is 1. The summed E-state index contributed by atoms with van der Waals surface area (Å²) in [5.41, 5.74) is 3.46. The van der Waals surface area contributed by atoms with Gasteiger partial charge in [-0.2, -0.15) is 0 Å². The van der Waals surface area contributed by atoms with Crippen LogP contribution in [0.1, 0.15) is 36.1 Å². The minimum Gasteiger partial charge on any atom is -0.496 e. The van der Waals surface area contributed by atoms with Crippen molar-refractivity contribution >= 4 is 24.8 Å². The van der Waals surface area contributed by atoms with Crippen LogP contribution in [0.5, 0.6) is 5.75 Å². The molecule has 22 heavy (non-hydrogen) atoms. The van der Waals surface area contributed by atoms with Gasteiger partial charge in [0.15, 0.2) is 0 Å². The number of nitrogens with zero attached hydrogens (tertiary/aromatic N) is 2. The molecule has 0 aromatic carbocycles. The molecule has 2 saturated heterocycles. The molecule has 2 bridgehead atoms. The molecular formula is C16H27Cl2N3O. The summed E-state index contributed by atoms with van der Waals surface area (Å²) in [7, 11) is 1.74. The maximum absolute atomic E-state index is 5.51. The molecule has 0 aliphatic carbocycles. The molecule has 126 valence electrons. The lowest BCUT2D eigenvalue weighted by Gasteiger charge is -2.24. The number of nitrogens with one attached hydrogen (secondary N) is 1. The van der Waals surface area contributed by atoms with E-state index in [0.717, 1.165) is 36.1 Å². The van der Waals surface area contributed by atoms with E-state index in [1.807, 2.05) is 6.20 Å². The summed E-state index contributed by atoms with van der Waals surface area (Å²) in [5, 5.41) is 3.73. The normalized spacial score (nSPS) is 24.1. The van der Waals surface area contributed by atoms with Crippen molar-refractivity contribution < 1.29 is 4.74 Å². The first-order valence-corrected chi connectivity index (χ1v) is 7.65. The third-order valence-electron chi connectivity index (χ3n) is 4.73. The number of halogens is 2. The van der Waals surface area contributed by atoms with Gasteiger partial charge in [0.1, 0.15) is 5.75 Å². The number of aromatic nitrogens is 1. The van der Waals surface area contributed by atoms with Crippen LogP contribution >= 0.6 is 24.8 Å². The zero-order chi connectivity index (χ0) is 14.1. The highest BCUT2D eigenvalue weighted by Gasteiger charge is 2.29. The van der Waals surface area contributed by atoms with E-state index in [-0.39, 0.29) is 24.8 Å². The van der Waals surface area contributed by atoms with E-state index < -0.39 is 0 Å². The second-order valence-corrected chi connectivity index (χ2v) is 6.21. The number of methoxy groups -OCH3 is 1. The molecule has 0 saturated carbocycles. The first-order chi connectivity index (χ1) is 9.67. The molecule has 3 rings (SSSR count). The van der Waals surface area contributed by atoms with E-state index in [2.05, 4.69) is 29.0 Å². The number of fused-ring (bicyclic) bond motifs is 2. The van der Waals surface area contributed by atoms with Crippen LogP contribution in [0.4, 0.5) is 0 Å². The Labute approximate surface area is 145 Å². The van der Waals surface area contributed by atoms with E-state index in [1.165, 1.54) is 31.4 Å². The summed E-state index contributed by atoms with van der Waals surface area (Å²) in [6.07, 6.45) is 5.88. The Morgan fingerprint density at radius 3 is 2.68 bits per heavy atom. The predicted molar refractivity (Wildman–Crippen MR) is 94.6 cm³/mol. The molecule has 6 heteroatoms. The molecule has 2 fully saturated rings. The van der Waals surface area contributed by atoms with Crippen molar-refractivity contribution in [2.75, 3.05) is 20.2 Å². The Kier molecular flexibility index (Phi) is 7.39. The fraction of sp³-hybridized carbons (Fsp3) is 0.688. The Morgan fingerprint density at radius 2 is 1.95 bits per heavy atom. The van der Waals surface area contributed by atoms with Gasteiger partial charge in [-0.1, -0.05) is 0 Å². The summed E-state index contributed by atoms with van der Waals surface area (Å²) >= 11 is 0. The Balaban J connectivity index is 0.00000121. The minimum absolute atomic E-state index is 0. The molecule has 1 aromatic rings. The average molecular weight is 348 g/mol. The van der Waals surface area contributed by atoms with E-state index in [1.54, 1.807) is 7.11 Å². The number of rotatable bonds is 3. The van der Waals surface area contributed by atoms with Gasteiger partial charge in [-0.25, -0.2) is 0 Å². The first-order valence-electron chi connectivity index (χ1n) is 7.65. The number of aryl methyl sites for hydroxylation is 1. The number of likely N-dealkylation sites (tertiary alicyclic amines) is 1. The monoisotopic (exact) mass is 347 g/mol. The lowest BCUT2D eigenvalue weighted by Crippen LogP contribution is -2.35. The maximum atomic E-state index is 5.51. The summed E-state index contributed by atoms with van der Waals surface area (Å²) in [6, 6.07) is 1.42. The molecule has 4 nitrogen and oxygen atoms in total. The Morgan fingerprint density at radius 1 is 1.23 bits per heavy atom. The SMILES string of the molecule is COc1c(C)cnc(CN2CCC3CCC(C2)N3)c1C.Cl.Cl. The second-order valence-electron chi connectivity index (χ2n) is 6.21. The fourth-order valence-corrected chi connectivity index (χ4v) is 3.60. The average Bonchev–Trinajstić information content (AvgIpc) is 2.76. The van der Waals surface area contributed by atoms with Crippen LogP contribution in [-0.4, -0.2) is 42.2 Å². The molecular weight excluding hydrogens is 321 g/mol. The van der Waals surface area contributed by atoms with Gasteiger partial charge >= 0.3 is 0 Å². The summed E-state index contributed by atoms with van der Waals surface area (Å²) < 4.78 is 5.51. The molecule has 2 atom stereocenters. The third kappa shape index (κ3) is 4.05. The molecule has 2 unspecified atom stereocenters. The van der Waals surface area contributed by atoms with Crippen LogP contribution in [0, 0.1) is 13.8 Å². The third-order valence-corrected chi connectivity index (χ3v) is 4.73. The van der Waals surface area contributed by atoms with Crippen LogP contribution in [0.3, 0.4) is 0 Å². The number of hydrogen-bond donors (Lipinski definition) is 1. The van der Waals surface area contributed by atoms with Crippen molar-refractivity contribution in [3.05, 3.63) is 23.0 Å². The van der Waals surface area contributed by atoms with Gasteiger partial charge in [0.25, 0.3) is 0 Å². The van der Waals surface area contributed by atoms with Crippen molar-refractivity contribution in [3.63, 3.8) is 0 Å². The first kappa shape index (κ1) is 19.5. The Bertz CT molecular complexity index is 499. The summed E-state index contributed by atoms with van der Waals surface area (Å²) in [5.74, 6) is 0.990. The van der Waals surface area contributed by atoms with Gasteiger partial charge in [0.05, 0.1) is 12.8 Å². The molecule has 1 aromatic heterocycles. The van der Waals surface area contributed by atoms with Crippen LogP contribution < -0.4 is 10.1 Å². The van der Waals surface area contributed by atoms with Gasteiger partial charge in [0, 0.05) is 49.0 Å². The van der Waals surface area contributed by atoms with Gasteiger partial charge in [-0.05, 0) is 33.1 Å². The van der Waals surface area contributed by atoms with Gasteiger partial charge < -0.3 is 10.1 Å². The second kappa shape index (κ2) is 8.34. The van der Waals surface area contributed by atoms with Crippen molar-refractivity contribution in [1.82, 2.24) is 15.2 Å². The maximum Gasteiger partial charge on any atom is 0.128 e. The van der Waals surface area contributed by atoms with E-state index >= 15 is 0 Å². The zero-order valence-electron chi connectivity index (χ0n) is 13.6. The molecule has 0 spiro atoms. The number of hydrogen-bond acceptors (Lipinski definition) is 4. The predicted octanol–water partition coefficient (Wildman–Crippen LogP) is 2.88. The molecule has 3 heterocycles. The van der Waals surface area contributed by atoms with Crippen LogP contribution in [0.25, 0.3) is 0 Å². The van der Waals surface area contributed by atoms with E-state index in [0.29, 0.717) is 6.04 Å². The quantitative estimate of drug-likeness (QED) is 0.912. The lowest BCUT2D eigenvalue weighted by molar-refractivity contribution is 0.247. The van der Waals surface area contributed by atoms with Crippen molar-refractivity contribution in [2.24, 2.45) is 0 Å². The zero-order valence-corrected chi connectivity index (χ0v) is 15.2. The molecule has 2 aliphatic rings. The van der Waals surface area contributed by atoms with Gasteiger partial charge in [0.2, 0.25) is 0 Å². The smallest absolute Gasteiger partial charge is 0.128 e. The summed E-state index contributed by atoms with van der Waals surface area (Å²) in [6.45, 7) is 7.43. The van der Waals surface area contributed by atoms with E-state index in [4.69, 9.17) is 4.74 Å². The summed E-state index contributed by atoms with van der Waals surface area (Å²) in [4.78, 5) is 7.17. The van der Waals surface area contributed by atoms with Crippen LogP contribution in [0.15, 0.2) is 6.20 Å². The largest absolute Gasteiger partial charge is 0.496 e. The Hall–Kier alpha value is -0.550. The standard InChI is InChI=1S/C16H25N3O.2ClH/c1-11-8-17-15(12(2)16(11)20-3)10-19-7-6-13-4-5-14(9-19)18-13;;/h8,13-14,18H,4-7,9-10H2,1-3H3;2*1H. The molecule has 1 N–H and O–H groups in total.